The van der Waals surface area contributed by atoms with Gasteiger partial charge in [0.05, 0.1) is 18.9 Å². The number of carboxylic acids is 1. The second kappa shape index (κ2) is 5.06. The molecule has 2 heterocycles. The minimum atomic E-state index is -1.48. The highest BCUT2D eigenvalue weighted by Gasteiger charge is 2.65. The monoisotopic (exact) mass is 318 g/mol. The summed E-state index contributed by atoms with van der Waals surface area (Å²) in [6.07, 6.45) is 0. The Morgan fingerprint density at radius 2 is 1.87 bits per heavy atom. The number of imide groups is 1. The Bertz CT molecular complexity index is 686. The maximum Gasteiger partial charge on any atom is 0.324 e. The number of rotatable bonds is 3. The number of fused-ring (bicyclic) bond motifs is 1. The molecule has 2 amide bonds. The summed E-state index contributed by atoms with van der Waals surface area (Å²) >= 11 is 0. The highest BCUT2D eigenvalue weighted by molar-refractivity contribution is 6.09. The first kappa shape index (κ1) is 15.5. The average Bonchev–Trinajstić information content (AvgIpc) is 2.98. The first-order chi connectivity index (χ1) is 10.8. The molecule has 2 aliphatic heterocycles. The number of hydrogen-bond acceptors (Lipinski definition) is 5. The van der Waals surface area contributed by atoms with Gasteiger partial charge in [-0.1, -0.05) is 12.1 Å². The number of benzene rings is 1. The minimum absolute atomic E-state index is 0.349. The Morgan fingerprint density at radius 3 is 2.39 bits per heavy atom. The second-order valence-electron chi connectivity index (χ2n) is 6.14. The third-order valence-electron chi connectivity index (χ3n) is 4.93. The van der Waals surface area contributed by atoms with Gasteiger partial charge in [-0.3, -0.25) is 24.6 Å². The summed E-state index contributed by atoms with van der Waals surface area (Å²) in [7, 11) is 2.95. The number of nitrogens with zero attached hydrogens (tertiary/aromatic N) is 1. The Morgan fingerprint density at radius 1 is 1.26 bits per heavy atom. The van der Waals surface area contributed by atoms with Gasteiger partial charge in [0.2, 0.25) is 11.8 Å². The van der Waals surface area contributed by atoms with Gasteiger partial charge in [0.1, 0.15) is 11.3 Å². The molecule has 0 radical (unpaired) electrons. The maximum atomic E-state index is 12.5. The van der Waals surface area contributed by atoms with E-state index in [-0.39, 0.29) is 5.91 Å². The van der Waals surface area contributed by atoms with Crippen molar-refractivity contribution in [1.29, 1.82) is 0 Å². The van der Waals surface area contributed by atoms with E-state index < -0.39 is 35.3 Å². The van der Waals surface area contributed by atoms with Crippen LogP contribution in [0.4, 0.5) is 0 Å². The van der Waals surface area contributed by atoms with Gasteiger partial charge in [-0.15, -0.1) is 0 Å². The smallest absolute Gasteiger partial charge is 0.324 e. The molecule has 1 aromatic rings. The van der Waals surface area contributed by atoms with Crippen molar-refractivity contribution in [2.75, 3.05) is 14.2 Å². The molecule has 1 aromatic carbocycles. The third kappa shape index (κ3) is 2.03. The number of methoxy groups -OCH3 is 1. The van der Waals surface area contributed by atoms with Gasteiger partial charge in [0.15, 0.2) is 0 Å². The van der Waals surface area contributed by atoms with E-state index in [2.05, 4.69) is 5.32 Å². The van der Waals surface area contributed by atoms with E-state index in [9.17, 15) is 19.5 Å². The predicted molar refractivity (Wildman–Crippen MR) is 79.7 cm³/mol. The second-order valence-corrected chi connectivity index (χ2v) is 6.14. The van der Waals surface area contributed by atoms with Crippen molar-refractivity contribution in [2.24, 2.45) is 11.8 Å². The van der Waals surface area contributed by atoms with Gasteiger partial charge in [-0.25, -0.2) is 0 Å². The molecule has 7 heteroatoms. The molecule has 2 N–H and O–H groups in total. The zero-order chi connectivity index (χ0) is 16.9. The summed E-state index contributed by atoms with van der Waals surface area (Å²) in [5.74, 6) is -2.91. The number of amides is 2. The molecular formula is C16H18N2O5. The van der Waals surface area contributed by atoms with Crippen molar-refractivity contribution < 1.29 is 24.2 Å². The Balaban J connectivity index is 2.06. The molecule has 0 saturated carbocycles. The fourth-order valence-corrected chi connectivity index (χ4v) is 3.58. The minimum Gasteiger partial charge on any atom is -0.497 e. The van der Waals surface area contributed by atoms with Gasteiger partial charge in [0, 0.05) is 13.1 Å². The highest BCUT2D eigenvalue weighted by atomic mass is 16.5. The van der Waals surface area contributed by atoms with Gasteiger partial charge in [-0.05, 0) is 24.6 Å². The molecule has 0 spiro atoms. The Labute approximate surface area is 133 Å². The summed E-state index contributed by atoms with van der Waals surface area (Å²) < 4.78 is 5.11. The van der Waals surface area contributed by atoms with Crippen LogP contribution >= 0.6 is 0 Å². The van der Waals surface area contributed by atoms with Crippen LogP contribution in [0.3, 0.4) is 0 Å². The first-order valence-corrected chi connectivity index (χ1v) is 7.27. The molecule has 2 saturated heterocycles. The van der Waals surface area contributed by atoms with E-state index in [0.29, 0.717) is 5.75 Å². The molecule has 3 rings (SSSR count). The summed E-state index contributed by atoms with van der Waals surface area (Å²) in [5.41, 5.74) is -0.727. The van der Waals surface area contributed by atoms with Crippen molar-refractivity contribution in [3.8, 4) is 5.75 Å². The lowest BCUT2D eigenvalue weighted by atomic mass is 9.80. The van der Waals surface area contributed by atoms with Gasteiger partial charge in [-0.2, -0.15) is 0 Å². The lowest BCUT2D eigenvalue weighted by molar-refractivity contribution is -0.150. The quantitative estimate of drug-likeness (QED) is 0.784. The standard InChI is InChI=1S/C16H18N2O5/c1-16(15(21)22)11-10(13(19)18(2)14(11)20)12(17-16)8-4-6-9(23-3)7-5-8/h4-7,10-12,17H,1-3H3,(H,21,22)/t10-,11-,12-,16-/m0/s1. The van der Waals surface area contributed by atoms with E-state index in [0.717, 1.165) is 10.5 Å². The number of carboxylic acid groups (broad SMARTS) is 1. The van der Waals surface area contributed by atoms with Gasteiger partial charge < -0.3 is 9.84 Å². The zero-order valence-electron chi connectivity index (χ0n) is 13.1. The number of carbonyl (C=O) groups excluding carboxylic acids is 2. The summed E-state index contributed by atoms with van der Waals surface area (Å²) in [4.78, 5) is 37.6. The van der Waals surface area contributed by atoms with Crippen LogP contribution in [0.1, 0.15) is 18.5 Å². The van der Waals surface area contributed by atoms with Crippen molar-refractivity contribution >= 4 is 17.8 Å². The highest BCUT2D eigenvalue weighted by Crippen LogP contribution is 2.48. The molecule has 0 aromatic heterocycles. The molecule has 2 aliphatic rings. The van der Waals surface area contributed by atoms with Gasteiger partial charge in [0.25, 0.3) is 0 Å². The molecule has 7 nitrogen and oxygen atoms in total. The number of aliphatic carboxylic acids is 1. The van der Waals surface area contributed by atoms with Crippen molar-refractivity contribution in [2.45, 2.75) is 18.5 Å². The van der Waals surface area contributed by atoms with E-state index in [4.69, 9.17) is 4.74 Å². The van der Waals surface area contributed by atoms with Crippen LogP contribution in [0.2, 0.25) is 0 Å². The number of ether oxygens (including phenoxy) is 1. The number of carbonyl (C=O) groups is 3. The van der Waals surface area contributed by atoms with Crippen LogP contribution < -0.4 is 10.1 Å². The lowest BCUT2D eigenvalue weighted by Gasteiger charge is -2.26. The van der Waals surface area contributed by atoms with Crippen LogP contribution in [0.25, 0.3) is 0 Å². The van der Waals surface area contributed by atoms with Crippen LogP contribution in [0.15, 0.2) is 24.3 Å². The molecular weight excluding hydrogens is 300 g/mol. The van der Waals surface area contributed by atoms with Crippen LogP contribution in [0.5, 0.6) is 5.75 Å². The normalized spacial score (nSPS) is 33.0. The lowest BCUT2D eigenvalue weighted by Crippen LogP contribution is -2.53. The Kier molecular flexibility index (Phi) is 3.40. The number of hydrogen-bond donors (Lipinski definition) is 2. The fourth-order valence-electron chi connectivity index (χ4n) is 3.58. The van der Waals surface area contributed by atoms with Crippen molar-refractivity contribution in [3.63, 3.8) is 0 Å². The molecule has 4 atom stereocenters. The molecule has 23 heavy (non-hydrogen) atoms. The summed E-state index contributed by atoms with van der Waals surface area (Å²) in [6.45, 7) is 1.46. The van der Waals surface area contributed by atoms with Crippen molar-refractivity contribution in [3.05, 3.63) is 29.8 Å². The summed E-state index contributed by atoms with van der Waals surface area (Å²) in [6, 6.07) is 6.50. The molecule has 0 bridgehead atoms. The van der Waals surface area contributed by atoms with Gasteiger partial charge >= 0.3 is 5.97 Å². The fraction of sp³-hybridized carbons (Fsp3) is 0.438. The third-order valence-corrected chi connectivity index (χ3v) is 4.93. The van der Waals surface area contributed by atoms with Crippen LogP contribution in [-0.2, 0) is 14.4 Å². The number of nitrogens with one attached hydrogen (secondary N) is 1. The SMILES string of the molecule is COc1ccc([C@@H]2N[C@](C)(C(=O)O)[C@@H]3C(=O)N(C)C(=O)[C@@H]32)cc1. The zero-order valence-corrected chi connectivity index (χ0v) is 13.1. The molecule has 122 valence electrons. The predicted octanol–water partition coefficient (Wildman–Crippen LogP) is 0.414. The maximum absolute atomic E-state index is 12.5. The molecule has 0 aliphatic carbocycles. The van der Waals surface area contributed by atoms with E-state index >= 15 is 0 Å². The number of likely N-dealkylation sites (tertiary alicyclic amines) is 1. The average molecular weight is 318 g/mol. The topological polar surface area (TPSA) is 95.9 Å². The largest absolute Gasteiger partial charge is 0.497 e. The van der Waals surface area contributed by atoms with E-state index in [1.54, 1.807) is 31.4 Å². The van der Waals surface area contributed by atoms with Crippen LogP contribution in [0, 0.1) is 11.8 Å². The van der Waals surface area contributed by atoms with Crippen LogP contribution in [-0.4, -0.2) is 47.5 Å². The van der Waals surface area contributed by atoms with E-state index in [1.165, 1.54) is 14.0 Å². The Hall–Kier alpha value is -2.41. The van der Waals surface area contributed by atoms with E-state index in [1.807, 2.05) is 0 Å². The van der Waals surface area contributed by atoms with Crippen molar-refractivity contribution in [1.82, 2.24) is 10.2 Å². The summed E-state index contributed by atoms with van der Waals surface area (Å²) in [5, 5.41) is 12.6. The molecule has 2 fully saturated rings. The first-order valence-electron chi connectivity index (χ1n) is 7.27. The molecule has 0 unspecified atom stereocenters.